The molecule has 0 amide bonds. The number of anilines is 1. The maximum atomic E-state index is 5.56. The highest BCUT2D eigenvalue weighted by Gasteiger charge is 2.01. The van der Waals surface area contributed by atoms with Crippen LogP contribution in [-0.4, -0.2) is 11.5 Å². The van der Waals surface area contributed by atoms with Crippen LogP contribution in [0.15, 0.2) is 24.4 Å². The molecule has 1 aromatic carbocycles. The maximum absolute atomic E-state index is 5.56. The minimum atomic E-state index is 0.566. The Morgan fingerprint density at radius 2 is 2.17 bits per heavy atom. The third kappa shape index (κ3) is 3.31. The van der Waals surface area contributed by atoms with E-state index in [0.29, 0.717) is 6.54 Å². The van der Waals surface area contributed by atoms with Gasteiger partial charge in [0.2, 0.25) is 0 Å². The van der Waals surface area contributed by atoms with E-state index in [0.717, 1.165) is 23.0 Å². The van der Waals surface area contributed by atoms with Crippen LogP contribution in [0, 0.1) is 13.8 Å². The molecule has 0 saturated heterocycles. The number of nitrogens with zero attached hydrogens (tertiary/aromatic N) is 1. The molecule has 0 fully saturated rings. The van der Waals surface area contributed by atoms with Crippen LogP contribution in [0.25, 0.3) is 0 Å². The number of hydrogen-bond acceptors (Lipinski definition) is 4. The van der Waals surface area contributed by atoms with E-state index in [9.17, 15) is 0 Å². The number of thiazole rings is 1. The fraction of sp³-hybridized carbons (Fsp3) is 0.357. The first-order chi connectivity index (χ1) is 8.69. The predicted molar refractivity (Wildman–Crippen MR) is 78.1 cm³/mol. The van der Waals surface area contributed by atoms with Crippen molar-refractivity contribution in [3.8, 4) is 0 Å². The summed E-state index contributed by atoms with van der Waals surface area (Å²) in [6.45, 7) is 5.76. The average molecular weight is 261 g/mol. The van der Waals surface area contributed by atoms with Crippen molar-refractivity contribution in [1.82, 2.24) is 4.98 Å². The molecule has 3 nitrogen and oxygen atoms in total. The van der Waals surface area contributed by atoms with Crippen molar-refractivity contribution in [2.24, 2.45) is 5.73 Å². The SMILES string of the molecule is Cc1ccc(C)c(CCNc2ncc(CN)s2)c1. The van der Waals surface area contributed by atoms with Crippen molar-refractivity contribution in [3.05, 3.63) is 46.0 Å². The zero-order valence-electron chi connectivity index (χ0n) is 10.9. The Labute approximate surface area is 112 Å². The molecular formula is C14H19N3S. The lowest BCUT2D eigenvalue weighted by Gasteiger charge is -2.07. The molecule has 0 aliphatic heterocycles. The molecule has 0 bridgehead atoms. The monoisotopic (exact) mass is 261 g/mol. The summed E-state index contributed by atoms with van der Waals surface area (Å²) < 4.78 is 0. The summed E-state index contributed by atoms with van der Waals surface area (Å²) in [7, 11) is 0. The van der Waals surface area contributed by atoms with Crippen molar-refractivity contribution >= 4 is 16.5 Å². The van der Waals surface area contributed by atoms with Gasteiger partial charge >= 0.3 is 0 Å². The molecule has 2 aromatic rings. The van der Waals surface area contributed by atoms with E-state index in [2.05, 4.69) is 42.3 Å². The minimum absolute atomic E-state index is 0.566. The van der Waals surface area contributed by atoms with Gasteiger partial charge in [0, 0.05) is 24.2 Å². The van der Waals surface area contributed by atoms with Crippen molar-refractivity contribution in [1.29, 1.82) is 0 Å². The summed E-state index contributed by atoms with van der Waals surface area (Å²) in [6, 6.07) is 6.59. The molecule has 18 heavy (non-hydrogen) atoms. The minimum Gasteiger partial charge on any atom is -0.361 e. The molecule has 3 N–H and O–H groups in total. The van der Waals surface area contributed by atoms with Crippen molar-refractivity contribution in [2.75, 3.05) is 11.9 Å². The van der Waals surface area contributed by atoms with Gasteiger partial charge in [-0.25, -0.2) is 4.98 Å². The Balaban J connectivity index is 1.90. The fourth-order valence-corrected chi connectivity index (χ4v) is 2.57. The molecule has 0 unspecified atom stereocenters. The Kier molecular flexibility index (Phi) is 4.33. The van der Waals surface area contributed by atoms with Gasteiger partial charge in [0.05, 0.1) is 0 Å². The van der Waals surface area contributed by atoms with E-state index in [1.54, 1.807) is 11.3 Å². The quantitative estimate of drug-likeness (QED) is 0.870. The first-order valence-electron chi connectivity index (χ1n) is 6.14. The number of nitrogens with two attached hydrogens (primary N) is 1. The number of aromatic nitrogens is 1. The van der Waals surface area contributed by atoms with Crippen molar-refractivity contribution < 1.29 is 0 Å². The van der Waals surface area contributed by atoms with Crippen LogP contribution in [0.5, 0.6) is 0 Å². The molecular weight excluding hydrogens is 242 g/mol. The first-order valence-corrected chi connectivity index (χ1v) is 6.95. The third-order valence-corrected chi connectivity index (χ3v) is 3.91. The Morgan fingerprint density at radius 1 is 1.33 bits per heavy atom. The molecule has 0 aliphatic carbocycles. The Morgan fingerprint density at radius 3 is 2.89 bits per heavy atom. The lowest BCUT2D eigenvalue weighted by Crippen LogP contribution is -2.05. The second-order valence-corrected chi connectivity index (χ2v) is 5.56. The largest absolute Gasteiger partial charge is 0.361 e. The van der Waals surface area contributed by atoms with Crippen molar-refractivity contribution in [2.45, 2.75) is 26.8 Å². The first kappa shape index (κ1) is 13.1. The van der Waals surface area contributed by atoms with Crippen LogP contribution in [0.1, 0.15) is 21.6 Å². The van der Waals surface area contributed by atoms with Crippen LogP contribution < -0.4 is 11.1 Å². The second-order valence-electron chi connectivity index (χ2n) is 4.44. The molecule has 0 saturated carbocycles. The number of benzene rings is 1. The molecule has 4 heteroatoms. The summed E-state index contributed by atoms with van der Waals surface area (Å²) in [4.78, 5) is 5.40. The van der Waals surface area contributed by atoms with Gasteiger partial charge in [-0.05, 0) is 31.4 Å². The Hall–Kier alpha value is -1.39. The fourth-order valence-electron chi connectivity index (χ4n) is 1.86. The average Bonchev–Trinajstić information content (AvgIpc) is 2.81. The van der Waals surface area contributed by atoms with E-state index in [1.807, 2.05) is 6.20 Å². The number of nitrogens with one attached hydrogen (secondary N) is 1. The maximum Gasteiger partial charge on any atom is 0.182 e. The van der Waals surface area contributed by atoms with E-state index in [-0.39, 0.29) is 0 Å². The zero-order valence-corrected chi connectivity index (χ0v) is 11.7. The van der Waals surface area contributed by atoms with Crippen LogP contribution in [0.4, 0.5) is 5.13 Å². The van der Waals surface area contributed by atoms with Crippen LogP contribution in [0.2, 0.25) is 0 Å². The summed E-state index contributed by atoms with van der Waals surface area (Å²) in [5, 5.41) is 4.31. The van der Waals surface area contributed by atoms with Gasteiger partial charge in [0.25, 0.3) is 0 Å². The van der Waals surface area contributed by atoms with Gasteiger partial charge in [-0.3, -0.25) is 0 Å². The topological polar surface area (TPSA) is 50.9 Å². The van der Waals surface area contributed by atoms with Gasteiger partial charge in [0.15, 0.2) is 5.13 Å². The van der Waals surface area contributed by atoms with Gasteiger partial charge in [-0.2, -0.15) is 0 Å². The third-order valence-electron chi connectivity index (χ3n) is 2.93. The van der Waals surface area contributed by atoms with E-state index >= 15 is 0 Å². The number of hydrogen-bond donors (Lipinski definition) is 2. The predicted octanol–water partition coefficient (Wildman–Crippen LogP) is 2.87. The molecule has 1 aromatic heterocycles. The second kappa shape index (κ2) is 5.98. The number of rotatable bonds is 5. The van der Waals surface area contributed by atoms with Crippen LogP contribution >= 0.6 is 11.3 Å². The summed E-state index contributed by atoms with van der Waals surface area (Å²) in [6.07, 6.45) is 2.86. The molecule has 96 valence electrons. The van der Waals surface area contributed by atoms with Gasteiger partial charge in [0.1, 0.15) is 0 Å². The zero-order chi connectivity index (χ0) is 13.0. The van der Waals surface area contributed by atoms with E-state index in [1.165, 1.54) is 16.7 Å². The molecule has 2 rings (SSSR count). The molecule has 0 aliphatic rings. The van der Waals surface area contributed by atoms with E-state index in [4.69, 9.17) is 5.73 Å². The summed E-state index contributed by atoms with van der Waals surface area (Å²) in [5.41, 5.74) is 9.63. The van der Waals surface area contributed by atoms with Crippen LogP contribution in [-0.2, 0) is 13.0 Å². The standard InChI is InChI=1S/C14H19N3S/c1-10-3-4-11(2)12(7-10)5-6-16-14-17-9-13(8-15)18-14/h3-4,7,9H,5-6,8,15H2,1-2H3,(H,16,17). The Bertz CT molecular complexity index is 520. The molecule has 1 heterocycles. The normalized spacial score (nSPS) is 10.6. The molecule has 0 atom stereocenters. The molecule has 0 radical (unpaired) electrons. The lowest BCUT2D eigenvalue weighted by molar-refractivity contribution is 0.997. The summed E-state index contributed by atoms with van der Waals surface area (Å²) >= 11 is 1.63. The lowest BCUT2D eigenvalue weighted by atomic mass is 10.0. The smallest absolute Gasteiger partial charge is 0.182 e. The van der Waals surface area contributed by atoms with E-state index < -0.39 is 0 Å². The highest BCUT2D eigenvalue weighted by atomic mass is 32.1. The van der Waals surface area contributed by atoms with Gasteiger partial charge in [-0.1, -0.05) is 23.8 Å². The van der Waals surface area contributed by atoms with Gasteiger partial charge < -0.3 is 11.1 Å². The van der Waals surface area contributed by atoms with Crippen molar-refractivity contribution in [3.63, 3.8) is 0 Å². The number of aryl methyl sites for hydroxylation is 2. The van der Waals surface area contributed by atoms with Crippen LogP contribution in [0.3, 0.4) is 0 Å². The highest BCUT2D eigenvalue weighted by molar-refractivity contribution is 7.15. The highest BCUT2D eigenvalue weighted by Crippen LogP contribution is 2.17. The molecule has 0 spiro atoms. The van der Waals surface area contributed by atoms with Gasteiger partial charge in [-0.15, -0.1) is 11.3 Å². The summed E-state index contributed by atoms with van der Waals surface area (Å²) in [5.74, 6) is 0.